The van der Waals surface area contributed by atoms with Crippen LogP contribution in [-0.4, -0.2) is 34.0 Å². The summed E-state index contributed by atoms with van der Waals surface area (Å²) in [6.45, 7) is 5.80. The van der Waals surface area contributed by atoms with E-state index in [-0.39, 0.29) is 18.3 Å². The van der Waals surface area contributed by atoms with Crippen molar-refractivity contribution in [3.05, 3.63) is 50.3 Å². The van der Waals surface area contributed by atoms with Crippen molar-refractivity contribution in [3.63, 3.8) is 0 Å². The Bertz CT molecular complexity index is 1090. The Balaban J connectivity index is 1.68. The van der Waals surface area contributed by atoms with E-state index in [1.54, 1.807) is 11.6 Å². The van der Waals surface area contributed by atoms with Crippen LogP contribution in [0.2, 0.25) is 0 Å². The van der Waals surface area contributed by atoms with E-state index in [2.05, 4.69) is 10.4 Å². The summed E-state index contributed by atoms with van der Waals surface area (Å²) in [7, 11) is 0. The first-order valence-electron chi connectivity index (χ1n) is 8.76. The molecule has 1 amide bonds. The van der Waals surface area contributed by atoms with E-state index in [1.807, 2.05) is 44.2 Å². The summed E-state index contributed by atoms with van der Waals surface area (Å²) >= 11 is 9.42. The van der Waals surface area contributed by atoms with Crippen molar-refractivity contribution in [2.45, 2.75) is 25.1 Å². The Morgan fingerprint density at radius 3 is 2.66 bits per heavy atom. The molecule has 0 aliphatic carbocycles. The van der Waals surface area contributed by atoms with Crippen LogP contribution in [0.4, 0.5) is 5.00 Å². The number of para-hydroxylation sites is 1. The van der Waals surface area contributed by atoms with Crippen LogP contribution in [-0.2, 0) is 9.53 Å². The number of anilines is 1. The lowest BCUT2D eigenvalue weighted by molar-refractivity contribution is -0.113. The fourth-order valence-corrected chi connectivity index (χ4v) is 5.73. The molecular formula is C19H19N3O3S4. The fraction of sp³-hybridized carbons (Fsp3) is 0.263. The van der Waals surface area contributed by atoms with Gasteiger partial charge in [0, 0.05) is 4.88 Å². The smallest absolute Gasteiger partial charge is 0.341 e. The average Bonchev–Trinajstić information content (AvgIpc) is 3.20. The average molecular weight is 466 g/mol. The Labute approximate surface area is 185 Å². The highest BCUT2D eigenvalue weighted by Crippen LogP contribution is 2.33. The van der Waals surface area contributed by atoms with Gasteiger partial charge < -0.3 is 10.1 Å². The number of hydrogen-bond acceptors (Lipinski definition) is 8. The molecule has 0 unspecified atom stereocenters. The molecule has 152 valence electrons. The third-order valence-corrected chi connectivity index (χ3v) is 7.46. The van der Waals surface area contributed by atoms with Crippen LogP contribution < -0.4 is 5.32 Å². The number of amides is 1. The number of hydrogen-bond donors (Lipinski definition) is 1. The van der Waals surface area contributed by atoms with Gasteiger partial charge >= 0.3 is 5.97 Å². The predicted octanol–water partition coefficient (Wildman–Crippen LogP) is 5.25. The summed E-state index contributed by atoms with van der Waals surface area (Å²) in [6.07, 6.45) is 0. The van der Waals surface area contributed by atoms with Crippen LogP contribution in [0, 0.1) is 17.8 Å². The van der Waals surface area contributed by atoms with E-state index in [0.29, 0.717) is 18.9 Å². The first-order chi connectivity index (χ1) is 13.9. The van der Waals surface area contributed by atoms with Crippen LogP contribution in [0.25, 0.3) is 5.69 Å². The van der Waals surface area contributed by atoms with Crippen LogP contribution in [0.15, 0.2) is 34.7 Å². The maximum atomic E-state index is 12.5. The van der Waals surface area contributed by atoms with Crippen molar-refractivity contribution < 1.29 is 14.3 Å². The second kappa shape index (κ2) is 9.66. The number of ether oxygens (including phenoxy) is 1. The van der Waals surface area contributed by atoms with E-state index >= 15 is 0 Å². The SMILES string of the molecule is CCOC(=O)c1c(NC(=O)CSc2nn(-c3ccccc3)c(=S)s2)sc(C)c1C. The minimum absolute atomic E-state index is 0.162. The minimum atomic E-state index is -0.420. The maximum absolute atomic E-state index is 12.5. The van der Waals surface area contributed by atoms with Gasteiger partial charge in [0.05, 0.1) is 23.6 Å². The third kappa shape index (κ3) is 5.13. The molecule has 0 spiro atoms. The summed E-state index contributed by atoms with van der Waals surface area (Å²) in [5, 5.41) is 7.85. The molecule has 2 aromatic heterocycles. The van der Waals surface area contributed by atoms with Gasteiger partial charge in [0.25, 0.3) is 0 Å². The monoisotopic (exact) mass is 465 g/mol. The van der Waals surface area contributed by atoms with E-state index in [1.165, 1.54) is 34.4 Å². The predicted molar refractivity (Wildman–Crippen MR) is 121 cm³/mol. The molecule has 0 bridgehead atoms. The standard InChI is InChI=1S/C19H19N3O3S4/c1-4-25-17(24)15-11(2)12(3)28-16(15)20-14(23)10-27-18-21-22(19(26)29-18)13-8-6-5-7-9-13/h5-9H,4,10H2,1-3H3,(H,20,23). The number of esters is 1. The van der Waals surface area contributed by atoms with Crippen molar-refractivity contribution in [3.8, 4) is 5.69 Å². The van der Waals surface area contributed by atoms with Crippen molar-refractivity contribution in [2.75, 3.05) is 17.7 Å². The normalized spacial score (nSPS) is 10.7. The lowest BCUT2D eigenvalue weighted by atomic mass is 10.1. The van der Waals surface area contributed by atoms with Crippen LogP contribution >= 0.6 is 46.7 Å². The molecule has 3 aromatic rings. The maximum Gasteiger partial charge on any atom is 0.341 e. The Kier molecular flexibility index (Phi) is 7.23. The molecule has 0 atom stereocenters. The largest absolute Gasteiger partial charge is 0.462 e. The molecule has 6 nitrogen and oxygen atoms in total. The summed E-state index contributed by atoms with van der Waals surface area (Å²) in [4.78, 5) is 25.7. The zero-order valence-corrected chi connectivity index (χ0v) is 19.3. The summed E-state index contributed by atoms with van der Waals surface area (Å²) < 4.78 is 8.13. The Morgan fingerprint density at radius 1 is 1.24 bits per heavy atom. The van der Waals surface area contributed by atoms with Gasteiger partial charge in [-0.1, -0.05) is 41.3 Å². The number of thiophene rings is 1. The molecule has 29 heavy (non-hydrogen) atoms. The molecule has 1 aromatic carbocycles. The number of carbonyl (C=O) groups is 2. The topological polar surface area (TPSA) is 73.2 Å². The lowest BCUT2D eigenvalue weighted by Crippen LogP contribution is -2.16. The molecule has 0 aliphatic rings. The van der Waals surface area contributed by atoms with E-state index < -0.39 is 5.97 Å². The molecule has 0 saturated heterocycles. The molecule has 3 rings (SSSR count). The van der Waals surface area contributed by atoms with Crippen molar-refractivity contribution in [1.82, 2.24) is 9.78 Å². The quantitative estimate of drug-likeness (QED) is 0.292. The Hall–Kier alpha value is -2.01. The molecule has 0 saturated carbocycles. The Morgan fingerprint density at radius 2 is 1.97 bits per heavy atom. The number of thioether (sulfide) groups is 1. The van der Waals surface area contributed by atoms with Crippen molar-refractivity contribution in [2.24, 2.45) is 0 Å². The second-order valence-corrected chi connectivity index (χ2v) is 10.00. The molecule has 10 heteroatoms. The summed E-state index contributed by atoms with van der Waals surface area (Å²) in [5.41, 5.74) is 2.14. The number of carbonyl (C=O) groups excluding carboxylic acids is 2. The number of nitrogens with zero attached hydrogens (tertiary/aromatic N) is 2. The van der Waals surface area contributed by atoms with Crippen molar-refractivity contribution in [1.29, 1.82) is 0 Å². The van der Waals surface area contributed by atoms with Crippen LogP contribution in [0.3, 0.4) is 0 Å². The highest BCUT2D eigenvalue weighted by molar-refractivity contribution is 8.01. The number of rotatable bonds is 7. The van der Waals surface area contributed by atoms with E-state index in [4.69, 9.17) is 17.0 Å². The molecule has 1 N–H and O–H groups in total. The highest BCUT2D eigenvalue weighted by atomic mass is 32.2. The number of benzene rings is 1. The molecule has 0 radical (unpaired) electrons. The lowest BCUT2D eigenvalue weighted by Gasteiger charge is -2.06. The zero-order valence-electron chi connectivity index (χ0n) is 16.1. The van der Waals surface area contributed by atoms with Crippen LogP contribution in [0.5, 0.6) is 0 Å². The molecule has 0 aliphatic heterocycles. The van der Waals surface area contributed by atoms with Gasteiger partial charge in [-0.25, -0.2) is 9.48 Å². The van der Waals surface area contributed by atoms with Crippen molar-refractivity contribution >= 4 is 63.5 Å². The molecule has 2 heterocycles. The van der Waals surface area contributed by atoms with Gasteiger partial charge in [-0.05, 0) is 50.7 Å². The van der Waals surface area contributed by atoms with Gasteiger partial charge in [-0.2, -0.15) is 0 Å². The summed E-state index contributed by atoms with van der Waals surface area (Å²) in [6, 6.07) is 9.62. The molecular weight excluding hydrogens is 446 g/mol. The number of aromatic nitrogens is 2. The first-order valence-corrected chi connectivity index (χ1v) is 11.8. The zero-order chi connectivity index (χ0) is 21.0. The van der Waals surface area contributed by atoms with Gasteiger partial charge in [-0.15, -0.1) is 16.4 Å². The summed E-state index contributed by atoms with van der Waals surface area (Å²) in [5.74, 6) is -0.471. The third-order valence-electron chi connectivity index (χ3n) is 3.97. The number of aryl methyl sites for hydroxylation is 1. The first kappa shape index (κ1) is 21.7. The fourth-order valence-electron chi connectivity index (χ4n) is 2.51. The number of nitrogens with one attached hydrogen (secondary N) is 1. The van der Waals surface area contributed by atoms with E-state index in [9.17, 15) is 9.59 Å². The van der Waals surface area contributed by atoms with Gasteiger partial charge in [0.2, 0.25) is 5.91 Å². The van der Waals surface area contributed by atoms with Gasteiger partial charge in [0.15, 0.2) is 8.29 Å². The molecule has 0 fully saturated rings. The van der Waals surface area contributed by atoms with Gasteiger partial charge in [-0.3, -0.25) is 4.79 Å². The van der Waals surface area contributed by atoms with E-state index in [0.717, 1.165) is 16.1 Å². The highest BCUT2D eigenvalue weighted by Gasteiger charge is 2.22. The minimum Gasteiger partial charge on any atom is -0.462 e. The van der Waals surface area contributed by atoms with Crippen LogP contribution in [0.1, 0.15) is 27.7 Å². The van der Waals surface area contributed by atoms with Gasteiger partial charge in [0.1, 0.15) is 5.00 Å². The second-order valence-electron chi connectivity index (χ2n) is 5.93.